The van der Waals surface area contributed by atoms with Crippen LogP contribution in [0.4, 0.5) is 5.69 Å². The Kier molecular flexibility index (Phi) is 4.16. The smallest absolute Gasteiger partial charge is 0.262 e. The molecule has 0 atom stereocenters. The van der Waals surface area contributed by atoms with Crippen LogP contribution in [0.5, 0.6) is 0 Å². The molecule has 108 valence electrons. The average Bonchev–Trinajstić information content (AvgIpc) is 2.43. The zero-order valence-electron chi connectivity index (χ0n) is 11.4. The van der Waals surface area contributed by atoms with Crippen LogP contribution in [-0.4, -0.2) is 13.4 Å². The number of anilines is 1. The van der Waals surface area contributed by atoms with Crippen molar-refractivity contribution < 1.29 is 8.42 Å². The van der Waals surface area contributed by atoms with Crippen molar-refractivity contribution in [1.29, 1.82) is 5.26 Å². The van der Waals surface area contributed by atoms with Crippen molar-refractivity contribution >= 4 is 27.3 Å². The van der Waals surface area contributed by atoms with E-state index in [0.29, 0.717) is 11.1 Å². The second-order valence-corrected chi connectivity index (χ2v) is 6.50. The number of sulfonamides is 1. The second kappa shape index (κ2) is 5.72. The van der Waals surface area contributed by atoms with Crippen LogP contribution < -0.4 is 4.72 Å². The van der Waals surface area contributed by atoms with Gasteiger partial charge in [0.25, 0.3) is 10.0 Å². The second-order valence-electron chi connectivity index (χ2n) is 4.49. The van der Waals surface area contributed by atoms with Crippen LogP contribution in [0.2, 0.25) is 5.15 Å². The Morgan fingerprint density at radius 1 is 1.24 bits per heavy atom. The summed E-state index contributed by atoms with van der Waals surface area (Å²) in [7, 11) is -3.85. The molecule has 5 nitrogen and oxygen atoms in total. The van der Waals surface area contributed by atoms with E-state index >= 15 is 0 Å². The molecule has 21 heavy (non-hydrogen) atoms. The Morgan fingerprint density at radius 3 is 2.57 bits per heavy atom. The maximum absolute atomic E-state index is 12.5. The molecule has 2 rings (SSSR count). The van der Waals surface area contributed by atoms with Crippen LogP contribution in [-0.2, 0) is 10.0 Å². The fourth-order valence-corrected chi connectivity index (χ4v) is 3.52. The van der Waals surface area contributed by atoms with Gasteiger partial charge in [0.05, 0.1) is 22.2 Å². The van der Waals surface area contributed by atoms with Gasteiger partial charge in [-0.15, -0.1) is 0 Å². The number of hydrogen-bond acceptors (Lipinski definition) is 4. The number of rotatable bonds is 3. The van der Waals surface area contributed by atoms with Crippen molar-refractivity contribution in [3.8, 4) is 6.07 Å². The van der Waals surface area contributed by atoms with Gasteiger partial charge in [-0.25, -0.2) is 13.4 Å². The summed E-state index contributed by atoms with van der Waals surface area (Å²) < 4.78 is 27.4. The molecule has 0 saturated heterocycles. The third-order valence-corrected chi connectivity index (χ3v) is 4.73. The average molecular weight is 322 g/mol. The van der Waals surface area contributed by atoms with Crippen molar-refractivity contribution in [3.05, 3.63) is 52.3 Å². The molecule has 0 unspecified atom stereocenters. The van der Waals surface area contributed by atoms with Gasteiger partial charge < -0.3 is 0 Å². The van der Waals surface area contributed by atoms with Gasteiger partial charge in [0.2, 0.25) is 0 Å². The minimum absolute atomic E-state index is 0.0425. The topological polar surface area (TPSA) is 82.8 Å². The molecule has 7 heteroatoms. The van der Waals surface area contributed by atoms with E-state index in [0.717, 1.165) is 0 Å². The number of nitrogens with one attached hydrogen (secondary N) is 1. The van der Waals surface area contributed by atoms with E-state index in [2.05, 4.69) is 9.71 Å². The molecule has 0 saturated carbocycles. The highest BCUT2D eigenvalue weighted by molar-refractivity contribution is 7.92. The summed E-state index contributed by atoms with van der Waals surface area (Å²) in [5.74, 6) is 0. The summed E-state index contributed by atoms with van der Waals surface area (Å²) in [6.07, 6.45) is 1.50. The zero-order valence-corrected chi connectivity index (χ0v) is 13.0. The third-order valence-electron chi connectivity index (χ3n) is 2.96. The van der Waals surface area contributed by atoms with Crippen molar-refractivity contribution in [2.45, 2.75) is 18.7 Å². The largest absolute Gasteiger partial charge is 0.276 e. The van der Waals surface area contributed by atoms with Gasteiger partial charge in [-0.1, -0.05) is 17.7 Å². The number of aryl methyl sites for hydroxylation is 2. The molecule has 1 heterocycles. The summed E-state index contributed by atoms with van der Waals surface area (Å²) in [5, 5.41) is 8.98. The van der Waals surface area contributed by atoms with Crippen molar-refractivity contribution in [2.75, 3.05) is 4.72 Å². The first-order valence-corrected chi connectivity index (χ1v) is 7.86. The summed E-state index contributed by atoms with van der Waals surface area (Å²) in [4.78, 5) is 3.90. The van der Waals surface area contributed by atoms with Gasteiger partial charge in [-0.3, -0.25) is 4.72 Å². The molecule has 0 bridgehead atoms. The van der Waals surface area contributed by atoms with Crippen LogP contribution in [0.25, 0.3) is 0 Å². The molecule has 2 aromatic rings. The SMILES string of the molecule is Cc1ccc(C#N)cc1S(=O)(=O)Nc1c(C)ccnc1Cl. The number of halogens is 1. The van der Waals surface area contributed by atoms with E-state index in [-0.39, 0.29) is 21.3 Å². The lowest BCUT2D eigenvalue weighted by Crippen LogP contribution is -2.16. The first-order valence-electron chi connectivity index (χ1n) is 6.00. The lowest BCUT2D eigenvalue weighted by molar-refractivity contribution is 0.600. The van der Waals surface area contributed by atoms with E-state index < -0.39 is 10.0 Å². The Balaban J connectivity index is 2.51. The Bertz CT molecular complexity index is 822. The number of nitrogens with zero attached hydrogens (tertiary/aromatic N) is 2. The fourth-order valence-electron chi connectivity index (χ4n) is 1.80. The van der Waals surface area contributed by atoms with Crippen LogP contribution in [0.1, 0.15) is 16.7 Å². The molecular formula is C14H12ClN3O2S. The third kappa shape index (κ3) is 3.15. The van der Waals surface area contributed by atoms with Gasteiger partial charge >= 0.3 is 0 Å². The lowest BCUT2D eigenvalue weighted by atomic mass is 10.2. The van der Waals surface area contributed by atoms with Gasteiger partial charge in [-0.2, -0.15) is 5.26 Å². The number of pyridine rings is 1. The lowest BCUT2D eigenvalue weighted by Gasteiger charge is -2.13. The highest BCUT2D eigenvalue weighted by Gasteiger charge is 2.20. The Morgan fingerprint density at radius 2 is 1.95 bits per heavy atom. The molecule has 0 spiro atoms. The molecule has 1 aromatic heterocycles. The zero-order chi connectivity index (χ0) is 15.6. The molecule has 0 amide bonds. The van der Waals surface area contributed by atoms with Crippen LogP contribution in [0, 0.1) is 25.2 Å². The predicted octanol–water partition coefficient (Wildman–Crippen LogP) is 3.02. The van der Waals surface area contributed by atoms with Crippen LogP contribution in [0.15, 0.2) is 35.4 Å². The van der Waals surface area contributed by atoms with Gasteiger partial charge in [0.15, 0.2) is 5.15 Å². The standard InChI is InChI=1S/C14H12ClN3O2S/c1-9-3-4-11(8-16)7-12(9)21(19,20)18-13-10(2)5-6-17-14(13)15/h3-7,18H,1-2H3. The van der Waals surface area contributed by atoms with E-state index in [9.17, 15) is 8.42 Å². The summed E-state index contributed by atoms with van der Waals surface area (Å²) >= 11 is 5.93. The minimum Gasteiger partial charge on any atom is -0.276 e. The summed E-state index contributed by atoms with van der Waals surface area (Å²) in [6.45, 7) is 3.39. The molecule has 0 aliphatic carbocycles. The number of benzene rings is 1. The quantitative estimate of drug-likeness (QED) is 0.881. The van der Waals surface area contributed by atoms with Crippen molar-refractivity contribution in [1.82, 2.24) is 4.98 Å². The maximum atomic E-state index is 12.5. The maximum Gasteiger partial charge on any atom is 0.262 e. The first-order chi connectivity index (χ1) is 9.85. The van der Waals surface area contributed by atoms with Gasteiger partial charge in [-0.05, 0) is 43.2 Å². The summed E-state index contributed by atoms with van der Waals surface area (Å²) in [5.41, 5.74) is 1.71. The van der Waals surface area contributed by atoms with E-state index in [1.165, 1.54) is 12.3 Å². The Hall–Kier alpha value is -2.10. The molecular weight excluding hydrogens is 310 g/mol. The number of nitriles is 1. The highest BCUT2D eigenvalue weighted by Crippen LogP contribution is 2.27. The van der Waals surface area contributed by atoms with Gasteiger partial charge in [0, 0.05) is 6.20 Å². The molecule has 1 N–H and O–H groups in total. The number of aromatic nitrogens is 1. The van der Waals surface area contributed by atoms with Crippen molar-refractivity contribution in [3.63, 3.8) is 0 Å². The highest BCUT2D eigenvalue weighted by atomic mass is 35.5. The van der Waals surface area contributed by atoms with Crippen molar-refractivity contribution in [2.24, 2.45) is 0 Å². The Labute approximate surface area is 128 Å². The minimum atomic E-state index is -3.85. The fraction of sp³-hybridized carbons (Fsp3) is 0.143. The first kappa shape index (κ1) is 15.3. The van der Waals surface area contributed by atoms with Crippen LogP contribution in [0.3, 0.4) is 0 Å². The molecule has 0 fully saturated rings. The molecule has 0 aliphatic heterocycles. The molecule has 0 aliphatic rings. The molecule has 1 aromatic carbocycles. The van der Waals surface area contributed by atoms with Crippen LogP contribution >= 0.6 is 11.6 Å². The summed E-state index contributed by atoms with van der Waals surface area (Å²) in [6, 6.07) is 8.06. The molecule has 0 radical (unpaired) electrons. The van der Waals surface area contributed by atoms with E-state index in [1.807, 2.05) is 6.07 Å². The van der Waals surface area contributed by atoms with Gasteiger partial charge in [0.1, 0.15) is 0 Å². The normalized spacial score (nSPS) is 11.0. The number of hydrogen-bond donors (Lipinski definition) is 1. The predicted molar refractivity (Wildman–Crippen MR) is 80.7 cm³/mol. The monoisotopic (exact) mass is 321 g/mol. The van der Waals surface area contributed by atoms with E-state index in [4.69, 9.17) is 16.9 Å². The van der Waals surface area contributed by atoms with E-state index in [1.54, 1.807) is 32.0 Å².